The Labute approximate surface area is 82.3 Å². The molecule has 1 aromatic rings. The van der Waals surface area contributed by atoms with Crippen molar-refractivity contribution in [1.29, 1.82) is 0 Å². The number of hydrogen-bond acceptors (Lipinski definition) is 4. The lowest BCUT2D eigenvalue weighted by molar-refractivity contribution is -0.144. The summed E-state index contributed by atoms with van der Waals surface area (Å²) in [4.78, 5) is 10.8. The zero-order valence-corrected chi connectivity index (χ0v) is 7.99. The van der Waals surface area contributed by atoms with Gasteiger partial charge in [-0.1, -0.05) is 13.0 Å². The van der Waals surface area contributed by atoms with E-state index >= 15 is 0 Å². The maximum Gasteiger partial charge on any atom is 0.305 e. The molecule has 0 amide bonds. The van der Waals surface area contributed by atoms with Gasteiger partial charge in [0.05, 0.1) is 5.69 Å². The lowest BCUT2D eigenvalue weighted by atomic mass is 10.2. The van der Waals surface area contributed by atoms with Crippen molar-refractivity contribution in [2.75, 3.05) is 5.73 Å². The van der Waals surface area contributed by atoms with E-state index in [0.29, 0.717) is 6.42 Å². The van der Waals surface area contributed by atoms with Gasteiger partial charge in [0.2, 0.25) is 0 Å². The summed E-state index contributed by atoms with van der Waals surface area (Å²) >= 11 is 0. The molecule has 76 valence electrons. The summed E-state index contributed by atoms with van der Waals surface area (Å²) in [6, 6.07) is 4.72. The van der Waals surface area contributed by atoms with Gasteiger partial charge in [-0.2, -0.15) is 0 Å². The number of esters is 1. The zero-order chi connectivity index (χ0) is 10.6. The molecule has 0 aromatic heterocycles. The second kappa shape index (κ2) is 4.50. The van der Waals surface area contributed by atoms with E-state index in [4.69, 9.17) is 15.6 Å². The molecule has 0 bridgehead atoms. The first kappa shape index (κ1) is 10.4. The number of ether oxygens (including phenoxy) is 1. The fourth-order valence-corrected chi connectivity index (χ4v) is 0.960. The summed E-state index contributed by atoms with van der Waals surface area (Å²) in [5.74, 6) is -0.216. The van der Waals surface area contributed by atoms with Crippen LogP contribution in [-0.2, 0) is 16.1 Å². The van der Waals surface area contributed by atoms with Gasteiger partial charge in [0, 0.05) is 6.42 Å². The third-order valence-corrected chi connectivity index (χ3v) is 1.78. The summed E-state index contributed by atoms with van der Waals surface area (Å²) in [5, 5.41) is 9.13. The van der Waals surface area contributed by atoms with Crippen molar-refractivity contribution < 1.29 is 14.6 Å². The molecule has 0 atom stereocenters. The third-order valence-electron chi connectivity index (χ3n) is 1.78. The highest BCUT2D eigenvalue weighted by atomic mass is 16.5. The second-order valence-electron chi connectivity index (χ2n) is 2.91. The lowest BCUT2D eigenvalue weighted by Gasteiger charge is -2.05. The maximum absolute atomic E-state index is 10.8. The number of nitrogens with two attached hydrogens (primary N) is 1. The highest BCUT2D eigenvalue weighted by Gasteiger charge is 2.02. The number of benzene rings is 1. The minimum atomic E-state index is -0.253. The monoisotopic (exact) mass is 195 g/mol. The summed E-state index contributed by atoms with van der Waals surface area (Å²) in [6.07, 6.45) is 0.355. The standard InChI is InChI=1S/C10H13NO3/c1-2-10(13)14-6-7-3-4-9(12)8(11)5-7/h3-5,12H,2,6,11H2,1H3. The van der Waals surface area contributed by atoms with Gasteiger partial charge in [0.15, 0.2) is 0 Å². The van der Waals surface area contributed by atoms with Gasteiger partial charge in [0.25, 0.3) is 0 Å². The molecule has 1 aromatic carbocycles. The minimum absolute atomic E-state index is 0.0376. The molecule has 0 fully saturated rings. The van der Waals surface area contributed by atoms with Gasteiger partial charge in [-0.3, -0.25) is 4.79 Å². The molecule has 4 nitrogen and oxygen atoms in total. The van der Waals surface area contributed by atoms with Crippen LogP contribution >= 0.6 is 0 Å². The summed E-state index contributed by atoms with van der Waals surface area (Å²) in [7, 11) is 0. The Hall–Kier alpha value is -1.71. The van der Waals surface area contributed by atoms with Crippen LogP contribution in [-0.4, -0.2) is 11.1 Å². The van der Waals surface area contributed by atoms with Gasteiger partial charge in [0.1, 0.15) is 12.4 Å². The number of aromatic hydroxyl groups is 1. The zero-order valence-electron chi connectivity index (χ0n) is 7.99. The van der Waals surface area contributed by atoms with Crippen molar-refractivity contribution in [3.8, 4) is 5.75 Å². The van der Waals surface area contributed by atoms with E-state index in [2.05, 4.69) is 0 Å². The van der Waals surface area contributed by atoms with Crippen LogP contribution in [0.4, 0.5) is 5.69 Å². The predicted octanol–water partition coefficient (Wildman–Crippen LogP) is 1.43. The molecule has 3 N–H and O–H groups in total. The second-order valence-corrected chi connectivity index (χ2v) is 2.91. The van der Waals surface area contributed by atoms with E-state index in [9.17, 15) is 4.79 Å². The minimum Gasteiger partial charge on any atom is -0.506 e. The number of rotatable bonds is 3. The maximum atomic E-state index is 10.8. The Morgan fingerprint density at radius 3 is 2.86 bits per heavy atom. The number of nitrogen functional groups attached to an aromatic ring is 1. The molecule has 0 aliphatic carbocycles. The molecule has 0 aliphatic rings. The molecule has 0 saturated carbocycles. The van der Waals surface area contributed by atoms with Gasteiger partial charge in [-0.05, 0) is 17.7 Å². The Morgan fingerprint density at radius 1 is 1.57 bits per heavy atom. The van der Waals surface area contributed by atoms with Crippen molar-refractivity contribution in [2.45, 2.75) is 20.0 Å². The van der Waals surface area contributed by atoms with Crippen LogP contribution in [0.1, 0.15) is 18.9 Å². The van der Waals surface area contributed by atoms with Crippen molar-refractivity contribution in [3.63, 3.8) is 0 Å². The fourth-order valence-electron chi connectivity index (χ4n) is 0.960. The van der Waals surface area contributed by atoms with E-state index in [-0.39, 0.29) is 24.0 Å². The topological polar surface area (TPSA) is 72.5 Å². The Balaban J connectivity index is 2.60. The average Bonchev–Trinajstić information content (AvgIpc) is 2.19. The van der Waals surface area contributed by atoms with Crippen LogP contribution in [0.25, 0.3) is 0 Å². The van der Waals surface area contributed by atoms with Crippen LogP contribution in [0.15, 0.2) is 18.2 Å². The molecule has 0 radical (unpaired) electrons. The van der Waals surface area contributed by atoms with Crippen molar-refractivity contribution in [2.24, 2.45) is 0 Å². The van der Waals surface area contributed by atoms with Gasteiger partial charge in [-0.15, -0.1) is 0 Å². The summed E-state index contributed by atoms with van der Waals surface area (Å²) in [6.45, 7) is 1.92. The van der Waals surface area contributed by atoms with Crippen LogP contribution in [0.3, 0.4) is 0 Å². The molecule has 0 unspecified atom stereocenters. The quantitative estimate of drug-likeness (QED) is 0.434. The van der Waals surface area contributed by atoms with Crippen molar-refractivity contribution in [3.05, 3.63) is 23.8 Å². The molecule has 0 heterocycles. The molecule has 1 rings (SSSR count). The highest BCUT2D eigenvalue weighted by molar-refractivity contribution is 5.68. The van der Waals surface area contributed by atoms with Gasteiger partial charge >= 0.3 is 5.97 Å². The van der Waals surface area contributed by atoms with Crippen LogP contribution in [0.2, 0.25) is 0 Å². The number of carbonyl (C=O) groups excluding carboxylic acids is 1. The summed E-state index contributed by atoms with van der Waals surface area (Å²) < 4.78 is 4.90. The number of anilines is 1. The van der Waals surface area contributed by atoms with Crippen LogP contribution in [0, 0.1) is 0 Å². The van der Waals surface area contributed by atoms with E-state index in [1.807, 2.05) is 0 Å². The predicted molar refractivity (Wildman–Crippen MR) is 52.6 cm³/mol. The molecule has 14 heavy (non-hydrogen) atoms. The van der Waals surface area contributed by atoms with E-state index < -0.39 is 0 Å². The molecule has 0 spiro atoms. The van der Waals surface area contributed by atoms with Crippen LogP contribution in [0.5, 0.6) is 5.75 Å². The van der Waals surface area contributed by atoms with Crippen molar-refractivity contribution >= 4 is 11.7 Å². The highest BCUT2D eigenvalue weighted by Crippen LogP contribution is 2.20. The SMILES string of the molecule is CCC(=O)OCc1ccc(O)c(N)c1. The third kappa shape index (κ3) is 2.65. The van der Waals surface area contributed by atoms with E-state index in [1.165, 1.54) is 6.07 Å². The molecular weight excluding hydrogens is 182 g/mol. The first-order valence-electron chi connectivity index (χ1n) is 4.36. The number of hydrogen-bond donors (Lipinski definition) is 2. The Morgan fingerprint density at radius 2 is 2.29 bits per heavy atom. The van der Waals surface area contributed by atoms with Crippen molar-refractivity contribution in [1.82, 2.24) is 0 Å². The number of carbonyl (C=O) groups is 1. The molecular formula is C10H13NO3. The molecule has 4 heteroatoms. The normalized spacial score (nSPS) is 9.79. The van der Waals surface area contributed by atoms with Gasteiger partial charge < -0.3 is 15.6 Å². The van der Waals surface area contributed by atoms with E-state index in [1.54, 1.807) is 19.1 Å². The largest absolute Gasteiger partial charge is 0.506 e. The van der Waals surface area contributed by atoms with E-state index in [0.717, 1.165) is 5.56 Å². The lowest BCUT2D eigenvalue weighted by Crippen LogP contribution is -2.02. The smallest absolute Gasteiger partial charge is 0.305 e. The van der Waals surface area contributed by atoms with Gasteiger partial charge in [-0.25, -0.2) is 0 Å². The molecule has 0 saturated heterocycles. The Kier molecular flexibility index (Phi) is 3.34. The number of phenols is 1. The van der Waals surface area contributed by atoms with Crippen LogP contribution < -0.4 is 5.73 Å². The Bertz CT molecular complexity index is 336. The molecule has 0 aliphatic heterocycles. The first-order valence-corrected chi connectivity index (χ1v) is 4.36. The average molecular weight is 195 g/mol. The number of phenolic OH excluding ortho intramolecular Hbond substituents is 1. The fraction of sp³-hybridized carbons (Fsp3) is 0.300. The first-order chi connectivity index (χ1) is 6.63. The summed E-state index contributed by atoms with van der Waals surface area (Å²) in [5.41, 5.74) is 6.52.